The second-order valence-corrected chi connectivity index (χ2v) is 6.57. The summed E-state index contributed by atoms with van der Waals surface area (Å²) in [6.45, 7) is 7.52. The summed E-state index contributed by atoms with van der Waals surface area (Å²) in [6.07, 6.45) is 9.34. The van der Waals surface area contributed by atoms with Gasteiger partial charge in [0.05, 0.1) is 12.4 Å². The third-order valence-electron chi connectivity index (χ3n) is 5.14. The molecule has 1 saturated heterocycles. The van der Waals surface area contributed by atoms with Gasteiger partial charge in [0.1, 0.15) is 17.7 Å². The topological polar surface area (TPSA) is 82.7 Å². The van der Waals surface area contributed by atoms with Crippen LogP contribution in [0.4, 0.5) is 5.82 Å². The minimum absolute atomic E-state index is 0.0683. The minimum Gasteiger partial charge on any atom is -0.381 e. The first kappa shape index (κ1) is 17.0. The quantitative estimate of drug-likeness (QED) is 0.732. The van der Waals surface area contributed by atoms with Gasteiger partial charge in [-0.05, 0) is 32.6 Å². The van der Waals surface area contributed by atoms with E-state index in [1.54, 1.807) is 6.33 Å². The van der Waals surface area contributed by atoms with E-state index in [9.17, 15) is 0 Å². The van der Waals surface area contributed by atoms with Crippen molar-refractivity contribution in [3.63, 3.8) is 0 Å². The number of hydrogen-bond acceptors (Lipinski definition) is 6. The Morgan fingerprint density at radius 2 is 1.92 bits per heavy atom. The summed E-state index contributed by atoms with van der Waals surface area (Å²) < 4.78 is 9.78. The van der Waals surface area contributed by atoms with Gasteiger partial charge in [-0.1, -0.05) is 0 Å². The number of hydrogen-bond donors (Lipinski definition) is 1. The molecule has 3 aromatic heterocycles. The highest BCUT2D eigenvalue weighted by Crippen LogP contribution is 2.33. The van der Waals surface area contributed by atoms with Gasteiger partial charge in [-0.25, -0.2) is 19.9 Å². The van der Waals surface area contributed by atoms with Crippen LogP contribution in [-0.4, -0.2) is 42.3 Å². The summed E-state index contributed by atoms with van der Waals surface area (Å²) in [5.74, 6) is 2.25. The molecule has 0 spiro atoms. The van der Waals surface area contributed by atoms with E-state index in [0.29, 0.717) is 5.92 Å². The fraction of sp³-hybridized carbons (Fsp3) is 0.556. The van der Waals surface area contributed by atoms with Crippen LogP contribution in [-0.2, 0) is 17.8 Å². The van der Waals surface area contributed by atoms with Crippen molar-refractivity contribution in [3.8, 4) is 0 Å². The molecule has 0 amide bonds. The average molecular weight is 355 g/mol. The summed E-state index contributed by atoms with van der Waals surface area (Å²) in [5.41, 5.74) is 1.66. The lowest BCUT2D eigenvalue weighted by Gasteiger charge is -2.31. The molecule has 1 aliphatic heterocycles. The fourth-order valence-electron chi connectivity index (χ4n) is 3.67. The monoisotopic (exact) mass is 355 g/mol. The average Bonchev–Trinajstić information content (AvgIpc) is 3.33. The van der Waals surface area contributed by atoms with Gasteiger partial charge in [-0.15, -0.1) is 0 Å². The summed E-state index contributed by atoms with van der Waals surface area (Å²) >= 11 is 0. The van der Waals surface area contributed by atoms with E-state index < -0.39 is 0 Å². The molecule has 1 unspecified atom stereocenters. The molecule has 1 fully saturated rings. The van der Waals surface area contributed by atoms with Crippen LogP contribution >= 0.6 is 0 Å². The Hall–Kier alpha value is -2.48. The van der Waals surface area contributed by atoms with Gasteiger partial charge in [-0.2, -0.15) is 0 Å². The number of aryl methyl sites for hydroxylation is 2. The molecule has 3 aromatic rings. The molecular formula is C18H25N7O. The zero-order valence-corrected chi connectivity index (χ0v) is 15.3. The fourth-order valence-corrected chi connectivity index (χ4v) is 3.67. The summed E-state index contributed by atoms with van der Waals surface area (Å²) in [4.78, 5) is 18.1. The number of nitrogens with one attached hydrogen (secondary N) is 1. The molecule has 0 aromatic carbocycles. The lowest BCUT2D eigenvalue weighted by molar-refractivity contribution is 0.0593. The van der Waals surface area contributed by atoms with Gasteiger partial charge in [-0.3, -0.25) is 0 Å². The van der Waals surface area contributed by atoms with Crippen molar-refractivity contribution in [1.29, 1.82) is 0 Å². The zero-order valence-electron chi connectivity index (χ0n) is 15.3. The lowest BCUT2D eigenvalue weighted by atomic mass is 9.91. The van der Waals surface area contributed by atoms with E-state index in [-0.39, 0.29) is 6.04 Å². The third kappa shape index (κ3) is 3.05. The van der Waals surface area contributed by atoms with Crippen molar-refractivity contribution in [2.45, 2.75) is 45.8 Å². The molecule has 138 valence electrons. The van der Waals surface area contributed by atoms with E-state index in [1.807, 2.05) is 23.3 Å². The number of anilines is 1. The summed E-state index contributed by atoms with van der Waals surface area (Å²) in [5, 5.41) is 3.64. The van der Waals surface area contributed by atoms with Crippen LogP contribution < -0.4 is 5.32 Å². The van der Waals surface area contributed by atoms with Gasteiger partial charge in [0, 0.05) is 38.7 Å². The van der Waals surface area contributed by atoms with Crippen LogP contribution in [0.1, 0.15) is 38.6 Å². The number of aromatic nitrogens is 6. The maximum Gasteiger partial charge on any atom is 0.165 e. The van der Waals surface area contributed by atoms with Gasteiger partial charge in [0.25, 0.3) is 0 Å². The molecule has 26 heavy (non-hydrogen) atoms. The molecule has 8 heteroatoms. The Balaban J connectivity index is 1.72. The van der Waals surface area contributed by atoms with Crippen molar-refractivity contribution in [1.82, 2.24) is 29.1 Å². The number of fused-ring (bicyclic) bond motifs is 1. The van der Waals surface area contributed by atoms with Crippen molar-refractivity contribution in [2.24, 2.45) is 5.92 Å². The van der Waals surface area contributed by atoms with Gasteiger partial charge in [0.15, 0.2) is 11.5 Å². The predicted molar refractivity (Wildman–Crippen MR) is 98.8 cm³/mol. The lowest BCUT2D eigenvalue weighted by Crippen LogP contribution is -2.29. The number of rotatable bonds is 6. The number of ether oxygens (including phenoxy) is 1. The SMILES string of the molecule is CCn1ccnc1C(Nc1ncnc2c1ncn2CC)C1CCOCC1. The second-order valence-electron chi connectivity index (χ2n) is 6.57. The Labute approximate surface area is 152 Å². The molecule has 4 rings (SSSR count). The minimum atomic E-state index is 0.0683. The van der Waals surface area contributed by atoms with E-state index in [2.05, 4.69) is 43.7 Å². The first-order valence-corrected chi connectivity index (χ1v) is 9.33. The Kier molecular flexibility index (Phi) is 4.83. The molecule has 4 heterocycles. The maximum atomic E-state index is 5.57. The van der Waals surface area contributed by atoms with Crippen LogP contribution in [0.25, 0.3) is 11.2 Å². The molecule has 0 bridgehead atoms. The summed E-state index contributed by atoms with van der Waals surface area (Å²) in [6, 6.07) is 0.0683. The molecule has 0 radical (unpaired) electrons. The van der Waals surface area contributed by atoms with E-state index in [0.717, 1.165) is 62.0 Å². The van der Waals surface area contributed by atoms with Crippen molar-refractivity contribution in [3.05, 3.63) is 30.9 Å². The van der Waals surface area contributed by atoms with Crippen molar-refractivity contribution in [2.75, 3.05) is 18.5 Å². The Bertz CT molecular complexity index is 865. The summed E-state index contributed by atoms with van der Waals surface area (Å²) in [7, 11) is 0. The van der Waals surface area contributed by atoms with Gasteiger partial charge < -0.3 is 19.2 Å². The molecule has 1 aliphatic rings. The predicted octanol–water partition coefficient (Wildman–Crippen LogP) is 2.64. The Morgan fingerprint density at radius 1 is 1.12 bits per heavy atom. The third-order valence-corrected chi connectivity index (χ3v) is 5.14. The molecule has 0 saturated carbocycles. The van der Waals surface area contributed by atoms with Crippen LogP contribution in [0, 0.1) is 5.92 Å². The van der Waals surface area contributed by atoms with Gasteiger partial charge in [0.2, 0.25) is 0 Å². The molecule has 0 aliphatic carbocycles. The van der Waals surface area contributed by atoms with Crippen LogP contribution in [0.3, 0.4) is 0 Å². The molecule has 8 nitrogen and oxygen atoms in total. The largest absolute Gasteiger partial charge is 0.381 e. The number of imidazole rings is 2. The Morgan fingerprint density at radius 3 is 2.69 bits per heavy atom. The first-order chi connectivity index (χ1) is 12.8. The zero-order chi connectivity index (χ0) is 17.9. The van der Waals surface area contributed by atoms with E-state index in [4.69, 9.17) is 4.74 Å². The van der Waals surface area contributed by atoms with Crippen molar-refractivity contribution >= 4 is 17.0 Å². The van der Waals surface area contributed by atoms with Gasteiger partial charge >= 0.3 is 0 Å². The van der Waals surface area contributed by atoms with E-state index in [1.165, 1.54) is 0 Å². The highest BCUT2D eigenvalue weighted by molar-refractivity contribution is 5.82. The maximum absolute atomic E-state index is 5.57. The van der Waals surface area contributed by atoms with Crippen LogP contribution in [0.15, 0.2) is 25.0 Å². The first-order valence-electron chi connectivity index (χ1n) is 9.33. The van der Waals surface area contributed by atoms with Crippen LogP contribution in [0.2, 0.25) is 0 Å². The normalized spacial score (nSPS) is 16.8. The highest BCUT2D eigenvalue weighted by atomic mass is 16.5. The highest BCUT2D eigenvalue weighted by Gasteiger charge is 2.29. The number of nitrogens with zero attached hydrogens (tertiary/aromatic N) is 6. The van der Waals surface area contributed by atoms with Crippen LogP contribution in [0.5, 0.6) is 0 Å². The molecular weight excluding hydrogens is 330 g/mol. The standard InChI is InChI=1S/C18H25N7O/c1-3-24-8-7-19-17(24)14(13-5-9-26-10-6-13)23-16-15-18(21-11-20-16)25(4-2)12-22-15/h7-8,11-14H,3-6,9-10H2,1-2H3,(H,20,21,23). The van der Waals surface area contributed by atoms with Crippen molar-refractivity contribution < 1.29 is 4.74 Å². The molecule has 1 N–H and O–H groups in total. The second kappa shape index (κ2) is 7.41. The molecule has 1 atom stereocenters. The smallest absolute Gasteiger partial charge is 0.165 e. The van der Waals surface area contributed by atoms with E-state index >= 15 is 0 Å².